The molecule has 2 aromatic rings. The highest BCUT2D eigenvalue weighted by atomic mass is 35.5. The Balaban J connectivity index is 1.57. The number of carbonyl (C=O) groups excluding carboxylic acids is 2. The van der Waals surface area contributed by atoms with E-state index in [9.17, 15) is 9.59 Å². The van der Waals surface area contributed by atoms with Crippen molar-refractivity contribution in [3.05, 3.63) is 34.9 Å². The van der Waals surface area contributed by atoms with Gasteiger partial charge in [0.05, 0.1) is 19.3 Å². The van der Waals surface area contributed by atoms with Crippen LogP contribution in [0.3, 0.4) is 0 Å². The van der Waals surface area contributed by atoms with Crippen LogP contribution in [0.15, 0.2) is 28.6 Å². The second-order valence-electron chi connectivity index (χ2n) is 6.58. The van der Waals surface area contributed by atoms with Crippen molar-refractivity contribution in [2.45, 2.75) is 30.8 Å². The summed E-state index contributed by atoms with van der Waals surface area (Å²) in [6, 6.07) is 7.82. The molecule has 0 spiro atoms. The van der Waals surface area contributed by atoms with Crippen molar-refractivity contribution in [2.75, 3.05) is 31.6 Å². The summed E-state index contributed by atoms with van der Waals surface area (Å²) in [7, 11) is 0. The van der Waals surface area contributed by atoms with Crippen LogP contribution in [0.5, 0.6) is 0 Å². The van der Waals surface area contributed by atoms with Crippen LogP contribution in [0, 0.1) is 0 Å². The number of benzene rings is 1. The lowest BCUT2D eigenvalue weighted by Crippen LogP contribution is -2.46. The summed E-state index contributed by atoms with van der Waals surface area (Å²) < 4.78 is 8.08. The fourth-order valence-electron chi connectivity index (χ4n) is 2.89. The van der Waals surface area contributed by atoms with E-state index in [1.165, 1.54) is 37.1 Å². The Morgan fingerprint density at radius 3 is 2.97 bits per heavy atom. The number of carbonyl (C=O) groups is 2. The summed E-state index contributed by atoms with van der Waals surface area (Å²) in [5.74, 6) is -0.307. The van der Waals surface area contributed by atoms with E-state index >= 15 is 0 Å². The van der Waals surface area contributed by atoms with Gasteiger partial charge >= 0.3 is 0 Å². The molecule has 29 heavy (non-hydrogen) atoms. The first-order valence-corrected chi connectivity index (χ1v) is 11.0. The Morgan fingerprint density at radius 1 is 1.41 bits per heavy atom. The largest absolute Gasteiger partial charge is 0.374 e. The highest BCUT2D eigenvalue weighted by molar-refractivity contribution is 7.99. The maximum absolute atomic E-state index is 12.1. The lowest BCUT2D eigenvalue weighted by atomic mass is 10.2. The topological polar surface area (TPSA) is 87.7 Å². The number of ether oxygens (including phenoxy) is 1. The first kappa shape index (κ1) is 22.0. The Bertz CT molecular complexity index is 866. The first-order valence-electron chi connectivity index (χ1n) is 9.04. The molecule has 1 aromatic carbocycles. The Kier molecular flexibility index (Phi) is 7.84. The van der Waals surface area contributed by atoms with Crippen molar-refractivity contribution in [1.29, 1.82) is 0 Å². The quantitative estimate of drug-likeness (QED) is 0.507. The van der Waals surface area contributed by atoms with Crippen molar-refractivity contribution in [3.8, 4) is 0 Å². The molecule has 1 saturated heterocycles. The third-order valence-corrected chi connectivity index (χ3v) is 6.32. The fourth-order valence-corrected chi connectivity index (χ4v) is 4.91. The summed E-state index contributed by atoms with van der Waals surface area (Å²) in [5.41, 5.74) is 1.15. The molecule has 1 aliphatic heterocycles. The van der Waals surface area contributed by atoms with E-state index in [1.54, 1.807) is 4.31 Å². The Morgan fingerprint density at radius 2 is 2.24 bits per heavy atom. The van der Waals surface area contributed by atoms with Gasteiger partial charge in [0.2, 0.25) is 16.9 Å². The van der Waals surface area contributed by atoms with Crippen molar-refractivity contribution < 1.29 is 14.3 Å². The van der Waals surface area contributed by atoms with Gasteiger partial charge in [0.25, 0.3) is 0 Å². The molecule has 8 nitrogen and oxygen atoms in total. The molecule has 0 bridgehead atoms. The van der Waals surface area contributed by atoms with Gasteiger partial charge in [-0.15, -0.1) is 10.2 Å². The van der Waals surface area contributed by atoms with E-state index in [0.29, 0.717) is 29.2 Å². The number of rotatable bonds is 7. The zero-order chi connectivity index (χ0) is 20.8. The zero-order valence-corrected chi connectivity index (χ0v) is 18.5. The predicted octanol–water partition coefficient (Wildman–Crippen LogP) is 2.91. The molecule has 156 valence electrons. The van der Waals surface area contributed by atoms with Crippen LogP contribution in [-0.2, 0) is 20.9 Å². The summed E-state index contributed by atoms with van der Waals surface area (Å²) in [6.45, 7) is 6.27. The van der Waals surface area contributed by atoms with Crippen molar-refractivity contribution in [2.24, 2.45) is 0 Å². The van der Waals surface area contributed by atoms with Gasteiger partial charge in [0, 0.05) is 50.5 Å². The maximum Gasteiger partial charge on any atom is 0.229 e. The van der Waals surface area contributed by atoms with Crippen molar-refractivity contribution in [1.82, 2.24) is 19.4 Å². The molecule has 1 fully saturated rings. The minimum absolute atomic E-state index is 0.0955. The number of amides is 2. The number of nitrogens with one attached hydrogen (secondary N) is 1. The van der Waals surface area contributed by atoms with Gasteiger partial charge < -0.3 is 10.1 Å². The normalized spacial score (nSPS) is 17.1. The molecule has 0 unspecified atom stereocenters. The molecule has 1 aliphatic rings. The summed E-state index contributed by atoms with van der Waals surface area (Å²) >= 11 is 8.51. The number of halogens is 1. The van der Waals surface area contributed by atoms with E-state index in [2.05, 4.69) is 26.5 Å². The molecule has 3 rings (SSSR count). The molecular weight excluding hydrogens is 434 g/mol. The smallest absolute Gasteiger partial charge is 0.229 e. The van der Waals surface area contributed by atoms with Crippen molar-refractivity contribution >= 4 is 51.8 Å². The lowest BCUT2D eigenvalue weighted by molar-refractivity contribution is -0.126. The summed E-state index contributed by atoms with van der Waals surface area (Å²) in [6.07, 6.45) is -0.109. The molecular formula is C18H22ClN5O3S2. The van der Waals surface area contributed by atoms with E-state index < -0.39 is 0 Å². The highest BCUT2D eigenvalue weighted by Gasteiger charge is 2.25. The van der Waals surface area contributed by atoms with Crippen LogP contribution in [0.1, 0.15) is 19.4 Å². The van der Waals surface area contributed by atoms with Crippen LogP contribution in [0.25, 0.3) is 0 Å². The number of aromatic nitrogens is 2. The molecule has 0 saturated carbocycles. The predicted molar refractivity (Wildman–Crippen MR) is 114 cm³/mol. The van der Waals surface area contributed by atoms with Gasteiger partial charge in [-0.2, -0.15) is 0 Å². The number of hydrogen-bond acceptors (Lipinski definition) is 8. The van der Waals surface area contributed by atoms with Gasteiger partial charge in [-0.3, -0.25) is 18.8 Å². The van der Waals surface area contributed by atoms with Gasteiger partial charge in [0.1, 0.15) is 0 Å². The minimum atomic E-state index is -0.212. The van der Waals surface area contributed by atoms with Crippen molar-refractivity contribution in [3.63, 3.8) is 0 Å². The standard InChI is InChI=1S/C18H22ClN5O3S2/c1-12(25)20-17-21-22-18(28-17)29-24(13(2)26)11-16-10-23(6-7-27-16)9-14-4-3-5-15(19)8-14/h3-5,8,16H,6-7,9-11H2,1-2H3,(H,20,21,25)/t16-/m0/s1. The van der Waals surface area contributed by atoms with Crippen LogP contribution in [0.2, 0.25) is 5.02 Å². The Hall–Kier alpha value is -1.72. The Labute approximate surface area is 182 Å². The van der Waals surface area contributed by atoms with Crippen LogP contribution >= 0.6 is 34.9 Å². The molecule has 1 aromatic heterocycles. The molecule has 11 heteroatoms. The SMILES string of the molecule is CC(=O)Nc1nnc(SN(C[C@@H]2CN(Cc3cccc(Cl)c3)CCO2)C(C)=O)s1. The second-order valence-corrected chi connectivity index (χ2v) is 9.27. The first-order chi connectivity index (χ1) is 13.9. The highest BCUT2D eigenvalue weighted by Crippen LogP contribution is 2.29. The molecule has 1 N–H and O–H groups in total. The van der Waals surface area contributed by atoms with Crippen LogP contribution in [0.4, 0.5) is 5.13 Å². The average molecular weight is 456 g/mol. The molecule has 0 radical (unpaired) electrons. The van der Waals surface area contributed by atoms with Crippen LogP contribution in [-0.4, -0.2) is 63.6 Å². The molecule has 1 atom stereocenters. The molecule has 2 amide bonds. The second kappa shape index (κ2) is 10.4. The minimum Gasteiger partial charge on any atom is -0.374 e. The summed E-state index contributed by atoms with van der Waals surface area (Å²) in [5, 5.41) is 11.7. The van der Waals surface area contributed by atoms with E-state index in [-0.39, 0.29) is 17.9 Å². The van der Waals surface area contributed by atoms with Gasteiger partial charge in [-0.1, -0.05) is 35.1 Å². The van der Waals surface area contributed by atoms with Crippen LogP contribution < -0.4 is 5.32 Å². The third-order valence-electron chi connectivity index (χ3n) is 4.12. The maximum atomic E-state index is 12.1. The number of nitrogens with zero attached hydrogens (tertiary/aromatic N) is 4. The number of anilines is 1. The van der Waals surface area contributed by atoms with Gasteiger partial charge in [0.15, 0.2) is 4.34 Å². The molecule has 0 aliphatic carbocycles. The number of hydrogen-bond donors (Lipinski definition) is 1. The fraction of sp³-hybridized carbons (Fsp3) is 0.444. The van der Waals surface area contributed by atoms with E-state index in [1.807, 2.05) is 18.2 Å². The third kappa shape index (κ3) is 6.93. The van der Waals surface area contributed by atoms with E-state index in [0.717, 1.165) is 23.7 Å². The van der Waals surface area contributed by atoms with Gasteiger partial charge in [-0.05, 0) is 17.7 Å². The molecule has 2 heterocycles. The summed E-state index contributed by atoms with van der Waals surface area (Å²) in [4.78, 5) is 25.5. The van der Waals surface area contributed by atoms with Gasteiger partial charge in [-0.25, -0.2) is 0 Å². The monoisotopic (exact) mass is 455 g/mol. The number of morpholine rings is 1. The average Bonchev–Trinajstić information content (AvgIpc) is 3.07. The zero-order valence-electron chi connectivity index (χ0n) is 16.1. The lowest BCUT2D eigenvalue weighted by Gasteiger charge is -2.35. The van der Waals surface area contributed by atoms with E-state index in [4.69, 9.17) is 16.3 Å².